The van der Waals surface area contributed by atoms with Gasteiger partial charge in [-0.15, -0.1) is 0 Å². The second-order valence-electron chi connectivity index (χ2n) is 7.49. The molecule has 0 spiro atoms. The molecule has 1 amide bonds. The van der Waals surface area contributed by atoms with E-state index in [1.165, 1.54) is 24.3 Å². The van der Waals surface area contributed by atoms with Gasteiger partial charge in [0.2, 0.25) is 5.82 Å². The van der Waals surface area contributed by atoms with Gasteiger partial charge in [0.15, 0.2) is 23.3 Å². The van der Waals surface area contributed by atoms with Crippen molar-refractivity contribution in [1.82, 2.24) is 0 Å². The Labute approximate surface area is 195 Å². The van der Waals surface area contributed by atoms with Crippen molar-refractivity contribution in [2.75, 3.05) is 41.3 Å². The zero-order valence-corrected chi connectivity index (χ0v) is 18.1. The lowest BCUT2D eigenvalue weighted by atomic mass is 10.1. The van der Waals surface area contributed by atoms with Crippen LogP contribution in [0.2, 0.25) is 5.02 Å². The number of halogens is 7. The molecule has 4 rings (SSSR count). The summed E-state index contributed by atoms with van der Waals surface area (Å²) >= 11 is 6.34. The number of carbonyl (C=O) groups is 1. The molecule has 0 atom stereocenters. The van der Waals surface area contributed by atoms with E-state index in [0.717, 1.165) is 11.0 Å². The van der Waals surface area contributed by atoms with E-state index < -0.39 is 46.5 Å². The van der Waals surface area contributed by atoms with Crippen molar-refractivity contribution >= 4 is 34.6 Å². The molecule has 0 saturated carbocycles. The Morgan fingerprint density at radius 1 is 0.765 bits per heavy atom. The van der Waals surface area contributed by atoms with E-state index >= 15 is 0 Å². The van der Waals surface area contributed by atoms with Gasteiger partial charge >= 0.3 is 0 Å². The van der Waals surface area contributed by atoms with Crippen molar-refractivity contribution in [3.63, 3.8) is 0 Å². The summed E-state index contributed by atoms with van der Waals surface area (Å²) in [7, 11) is 0. The lowest BCUT2D eigenvalue weighted by molar-refractivity contribution is 0.102. The first-order chi connectivity index (χ1) is 16.2. The maximum absolute atomic E-state index is 14.1. The number of amides is 1. The third kappa shape index (κ3) is 4.37. The van der Waals surface area contributed by atoms with Gasteiger partial charge in [-0.1, -0.05) is 23.7 Å². The molecule has 1 aliphatic rings. The highest BCUT2D eigenvalue weighted by molar-refractivity contribution is 6.33. The topological polar surface area (TPSA) is 35.6 Å². The highest BCUT2D eigenvalue weighted by Gasteiger charge is 2.31. The zero-order chi connectivity index (χ0) is 24.6. The van der Waals surface area contributed by atoms with Crippen molar-refractivity contribution in [3.8, 4) is 0 Å². The maximum atomic E-state index is 14.1. The molecule has 0 aliphatic carbocycles. The van der Waals surface area contributed by atoms with Crippen molar-refractivity contribution < 1.29 is 31.1 Å². The molecule has 34 heavy (non-hydrogen) atoms. The first-order valence-corrected chi connectivity index (χ1v) is 10.4. The van der Waals surface area contributed by atoms with Gasteiger partial charge in [0, 0.05) is 31.9 Å². The number of benzene rings is 3. The number of piperazine rings is 1. The fourth-order valence-electron chi connectivity index (χ4n) is 3.73. The molecule has 11 heteroatoms. The molecule has 1 N–H and O–H groups in total. The van der Waals surface area contributed by atoms with Gasteiger partial charge in [-0.25, -0.2) is 26.3 Å². The van der Waals surface area contributed by atoms with Crippen LogP contribution in [-0.4, -0.2) is 32.1 Å². The summed E-state index contributed by atoms with van der Waals surface area (Å²) < 4.78 is 82.4. The van der Waals surface area contributed by atoms with E-state index in [-0.39, 0.29) is 36.8 Å². The van der Waals surface area contributed by atoms with E-state index in [1.54, 1.807) is 17.0 Å². The smallest absolute Gasteiger partial charge is 0.258 e. The number of carbonyl (C=O) groups excluding carboxylic acids is 1. The minimum atomic E-state index is -2.20. The summed E-state index contributed by atoms with van der Waals surface area (Å²) in [6, 6.07) is 10.1. The lowest BCUT2D eigenvalue weighted by Crippen LogP contribution is -2.47. The fourth-order valence-corrected chi connectivity index (χ4v) is 4.03. The van der Waals surface area contributed by atoms with Crippen LogP contribution >= 0.6 is 11.6 Å². The van der Waals surface area contributed by atoms with Crippen LogP contribution < -0.4 is 15.1 Å². The van der Waals surface area contributed by atoms with Gasteiger partial charge in [0.05, 0.1) is 16.3 Å². The summed E-state index contributed by atoms with van der Waals surface area (Å²) in [5.41, 5.74) is -0.232. The number of hydrogen-bond acceptors (Lipinski definition) is 3. The van der Waals surface area contributed by atoms with Gasteiger partial charge in [-0.05, 0) is 30.3 Å². The van der Waals surface area contributed by atoms with Crippen LogP contribution in [0, 0.1) is 34.9 Å². The molecule has 0 bridgehead atoms. The molecule has 3 aromatic carbocycles. The third-order valence-electron chi connectivity index (χ3n) is 5.45. The van der Waals surface area contributed by atoms with E-state index in [9.17, 15) is 31.1 Å². The van der Waals surface area contributed by atoms with Gasteiger partial charge < -0.3 is 15.1 Å². The molecule has 1 saturated heterocycles. The number of nitrogens with zero attached hydrogens (tertiary/aromatic N) is 2. The minimum Gasteiger partial charge on any atom is -0.367 e. The van der Waals surface area contributed by atoms with E-state index in [1.807, 2.05) is 0 Å². The second-order valence-corrected chi connectivity index (χ2v) is 7.90. The van der Waals surface area contributed by atoms with Crippen molar-refractivity contribution in [3.05, 3.63) is 88.0 Å². The standard InChI is InChI=1S/C23H16ClF6N3O/c24-14-11-12(31-23(34)13-3-1-2-4-15(13)25)5-6-16(14)32-7-9-33(10-8-32)22-20(29)18(27)17(26)19(28)21(22)30/h1-6,11H,7-10H2,(H,31,34). The first-order valence-electron chi connectivity index (χ1n) is 10.1. The van der Waals surface area contributed by atoms with Gasteiger partial charge in [-0.2, -0.15) is 0 Å². The van der Waals surface area contributed by atoms with Gasteiger partial charge in [0.25, 0.3) is 5.91 Å². The molecule has 1 aliphatic heterocycles. The first kappa shape index (κ1) is 23.7. The number of hydrogen-bond donors (Lipinski definition) is 1. The highest BCUT2D eigenvalue weighted by Crippen LogP contribution is 2.33. The van der Waals surface area contributed by atoms with Crippen LogP contribution in [-0.2, 0) is 0 Å². The Morgan fingerprint density at radius 2 is 1.32 bits per heavy atom. The molecule has 178 valence electrons. The van der Waals surface area contributed by atoms with Crippen LogP contribution in [0.15, 0.2) is 42.5 Å². The predicted molar refractivity (Wildman–Crippen MR) is 116 cm³/mol. The van der Waals surface area contributed by atoms with Gasteiger partial charge in [0.1, 0.15) is 11.5 Å². The number of anilines is 3. The van der Waals surface area contributed by atoms with Crippen molar-refractivity contribution in [2.24, 2.45) is 0 Å². The van der Waals surface area contributed by atoms with Gasteiger partial charge in [-0.3, -0.25) is 4.79 Å². The number of nitrogens with one attached hydrogen (secondary N) is 1. The Hall–Kier alpha value is -3.40. The molecule has 0 aromatic heterocycles. The molecule has 0 unspecified atom stereocenters. The molecular formula is C23H16ClF6N3O. The predicted octanol–water partition coefficient (Wildman–Crippen LogP) is 5.75. The minimum absolute atomic E-state index is 0.0273. The van der Waals surface area contributed by atoms with Crippen LogP contribution in [0.25, 0.3) is 0 Å². The Morgan fingerprint density at radius 3 is 1.91 bits per heavy atom. The van der Waals surface area contributed by atoms with Crippen LogP contribution in [0.5, 0.6) is 0 Å². The SMILES string of the molecule is O=C(Nc1ccc(N2CCN(c3c(F)c(F)c(F)c(F)c3F)CC2)c(Cl)c1)c1ccccc1F. The average Bonchev–Trinajstić information content (AvgIpc) is 2.82. The van der Waals surface area contributed by atoms with Crippen molar-refractivity contribution in [2.45, 2.75) is 0 Å². The van der Waals surface area contributed by atoms with E-state index in [0.29, 0.717) is 11.4 Å². The zero-order valence-electron chi connectivity index (χ0n) is 17.3. The molecule has 1 fully saturated rings. The highest BCUT2D eigenvalue weighted by atomic mass is 35.5. The monoisotopic (exact) mass is 499 g/mol. The second kappa shape index (κ2) is 9.46. The largest absolute Gasteiger partial charge is 0.367 e. The third-order valence-corrected chi connectivity index (χ3v) is 5.75. The van der Waals surface area contributed by atoms with Crippen LogP contribution in [0.1, 0.15) is 10.4 Å². The fraction of sp³-hybridized carbons (Fsp3) is 0.174. The summed E-state index contributed by atoms with van der Waals surface area (Å²) in [5.74, 6) is -11.3. The normalized spacial score (nSPS) is 13.9. The molecule has 3 aromatic rings. The van der Waals surface area contributed by atoms with Crippen LogP contribution in [0.3, 0.4) is 0 Å². The Kier molecular flexibility index (Phi) is 6.60. The average molecular weight is 500 g/mol. The Balaban J connectivity index is 1.46. The van der Waals surface area contributed by atoms with Crippen molar-refractivity contribution in [1.29, 1.82) is 0 Å². The Bertz CT molecular complexity index is 1230. The summed E-state index contributed by atoms with van der Waals surface area (Å²) in [6.07, 6.45) is 0. The molecule has 0 radical (unpaired) electrons. The maximum Gasteiger partial charge on any atom is 0.258 e. The quantitative estimate of drug-likeness (QED) is 0.282. The summed E-state index contributed by atoms with van der Waals surface area (Å²) in [5, 5.41) is 2.80. The van der Waals surface area contributed by atoms with E-state index in [2.05, 4.69) is 5.32 Å². The molecule has 4 nitrogen and oxygen atoms in total. The summed E-state index contributed by atoms with van der Waals surface area (Å²) in [6.45, 7) is 0.307. The van der Waals surface area contributed by atoms with Crippen LogP contribution in [0.4, 0.5) is 43.4 Å². The van der Waals surface area contributed by atoms with E-state index in [4.69, 9.17) is 11.6 Å². The molecular weight excluding hydrogens is 484 g/mol. The summed E-state index contributed by atoms with van der Waals surface area (Å²) in [4.78, 5) is 15.1. The lowest BCUT2D eigenvalue weighted by Gasteiger charge is -2.38. The molecule has 1 heterocycles. The number of rotatable bonds is 4.